The van der Waals surface area contributed by atoms with Gasteiger partial charge in [-0.05, 0) is 13.0 Å². The number of aliphatic hydroxyl groups is 1. The lowest BCUT2D eigenvalue weighted by atomic mass is 10.00. The van der Waals surface area contributed by atoms with Gasteiger partial charge in [0.15, 0.2) is 0 Å². The normalized spacial score (nSPS) is 23.7. The van der Waals surface area contributed by atoms with E-state index in [2.05, 4.69) is 10.3 Å². The highest BCUT2D eigenvalue weighted by Crippen LogP contribution is 2.29. The van der Waals surface area contributed by atoms with Crippen LogP contribution in [0.5, 0.6) is 5.19 Å². The maximum atomic E-state index is 9.98. The molecule has 1 aliphatic rings. The van der Waals surface area contributed by atoms with Gasteiger partial charge >= 0.3 is 0 Å². The van der Waals surface area contributed by atoms with Crippen LogP contribution in [0.15, 0.2) is 5.38 Å². The Bertz CT molecular complexity index is 297. The Kier molecular flexibility index (Phi) is 3.00. The molecular formula is C9H14N2O2S. The molecule has 14 heavy (non-hydrogen) atoms. The number of nitrogens with one attached hydrogen (secondary N) is 1. The summed E-state index contributed by atoms with van der Waals surface area (Å²) in [5.41, 5.74) is 0.737. The molecule has 2 heterocycles. The quantitative estimate of drug-likeness (QED) is 0.781. The maximum absolute atomic E-state index is 9.98. The van der Waals surface area contributed by atoms with Crippen molar-refractivity contribution in [2.45, 2.75) is 12.5 Å². The Labute approximate surface area is 86.9 Å². The first-order valence-corrected chi connectivity index (χ1v) is 5.57. The highest BCUT2D eigenvalue weighted by Gasteiger charge is 2.26. The molecule has 0 bridgehead atoms. The topological polar surface area (TPSA) is 54.4 Å². The molecular weight excluding hydrogens is 200 g/mol. The van der Waals surface area contributed by atoms with Gasteiger partial charge < -0.3 is 15.2 Å². The second-order valence-corrected chi connectivity index (χ2v) is 4.26. The molecule has 0 aromatic carbocycles. The van der Waals surface area contributed by atoms with Crippen molar-refractivity contribution < 1.29 is 9.84 Å². The fourth-order valence-electron chi connectivity index (χ4n) is 1.69. The van der Waals surface area contributed by atoms with Gasteiger partial charge in [0.05, 0.1) is 12.8 Å². The largest absolute Gasteiger partial charge is 0.473 e. The molecule has 0 radical (unpaired) electrons. The highest BCUT2D eigenvalue weighted by molar-refractivity contribution is 7.11. The standard InChI is InChI=1S/C9H14N2O2S/c1-13-9-11-7(5-14-9)8(12)6-2-3-10-4-6/h5-6,8,10,12H,2-4H2,1H3/t6-,8?/m0/s1. The Balaban J connectivity index is 2.05. The van der Waals surface area contributed by atoms with Gasteiger partial charge in [0, 0.05) is 17.8 Å². The van der Waals surface area contributed by atoms with Crippen LogP contribution in [0, 0.1) is 5.92 Å². The molecule has 1 aromatic heterocycles. The summed E-state index contributed by atoms with van der Waals surface area (Å²) < 4.78 is 4.99. The summed E-state index contributed by atoms with van der Waals surface area (Å²) in [6.07, 6.45) is 0.561. The van der Waals surface area contributed by atoms with Crippen molar-refractivity contribution >= 4 is 11.3 Å². The number of aromatic nitrogens is 1. The van der Waals surface area contributed by atoms with Crippen molar-refractivity contribution in [3.05, 3.63) is 11.1 Å². The zero-order chi connectivity index (χ0) is 9.97. The molecule has 0 amide bonds. The van der Waals surface area contributed by atoms with Crippen LogP contribution in [0.1, 0.15) is 18.2 Å². The lowest BCUT2D eigenvalue weighted by molar-refractivity contribution is 0.114. The van der Waals surface area contributed by atoms with Gasteiger partial charge in [-0.3, -0.25) is 0 Å². The number of rotatable bonds is 3. The van der Waals surface area contributed by atoms with Crippen LogP contribution in [0.3, 0.4) is 0 Å². The van der Waals surface area contributed by atoms with Crippen LogP contribution < -0.4 is 10.1 Å². The third kappa shape index (κ3) is 1.89. The van der Waals surface area contributed by atoms with E-state index >= 15 is 0 Å². The summed E-state index contributed by atoms with van der Waals surface area (Å²) in [4.78, 5) is 4.19. The van der Waals surface area contributed by atoms with E-state index in [0.29, 0.717) is 11.1 Å². The Hall–Kier alpha value is -0.650. The minimum atomic E-state index is -0.454. The molecule has 0 aliphatic carbocycles. The summed E-state index contributed by atoms with van der Waals surface area (Å²) in [5, 5.41) is 15.7. The van der Waals surface area contributed by atoms with Crippen LogP contribution in [-0.4, -0.2) is 30.3 Å². The lowest BCUT2D eigenvalue weighted by Crippen LogP contribution is -2.16. The van der Waals surface area contributed by atoms with Crippen molar-refractivity contribution in [3.8, 4) is 5.19 Å². The molecule has 1 unspecified atom stereocenters. The maximum Gasteiger partial charge on any atom is 0.273 e. The molecule has 2 rings (SSSR count). The number of nitrogens with zero attached hydrogens (tertiary/aromatic N) is 1. The van der Waals surface area contributed by atoms with Gasteiger partial charge in [0.25, 0.3) is 5.19 Å². The van der Waals surface area contributed by atoms with E-state index in [1.807, 2.05) is 5.38 Å². The van der Waals surface area contributed by atoms with Gasteiger partial charge in [0.2, 0.25) is 0 Å². The fourth-order valence-corrected chi connectivity index (χ4v) is 2.35. The zero-order valence-electron chi connectivity index (χ0n) is 8.06. The van der Waals surface area contributed by atoms with Gasteiger partial charge in [-0.2, -0.15) is 0 Å². The minimum absolute atomic E-state index is 0.293. The molecule has 78 valence electrons. The van der Waals surface area contributed by atoms with Crippen LogP contribution in [0.2, 0.25) is 0 Å². The van der Waals surface area contributed by atoms with Crippen molar-refractivity contribution in [1.82, 2.24) is 10.3 Å². The summed E-state index contributed by atoms with van der Waals surface area (Å²) >= 11 is 1.42. The number of thiazole rings is 1. The Morgan fingerprint density at radius 2 is 2.64 bits per heavy atom. The molecule has 0 spiro atoms. The average Bonchev–Trinajstić information content (AvgIpc) is 2.88. The van der Waals surface area contributed by atoms with Crippen LogP contribution in [0.4, 0.5) is 0 Å². The van der Waals surface area contributed by atoms with Crippen molar-refractivity contribution in [2.24, 2.45) is 5.92 Å². The van der Waals surface area contributed by atoms with Crippen molar-refractivity contribution in [2.75, 3.05) is 20.2 Å². The first-order chi connectivity index (χ1) is 6.81. The highest BCUT2D eigenvalue weighted by atomic mass is 32.1. The monoisotopic (exact) mass is 214 g/mol. The molecule has 1 saturated heterocycles. The third-order valence-corrected chi connectivity index (χ3v) is 3.34. The van der Waals surface area contributed by atoms with Crippen LogP contribution in [-0.2, 0) is 0 Å². The molecule has 4 nitrogen and oxygen atoms in total. The van der Waals surface area contributed by atoms with E-state index in [1.54, 1.807) is 7.11 Å². The smallest absolute Gasteiger partial charge is 0.273 e. The van der Waals surface area contributed by atoms with E-state index in [0.717, 1.165) is 25.2 Å². The molecule has 1 aliphatic heterocycles. The number of hydrogen-bond acceptors (Lipinski definition) is 5. The summed E-state index contributed by atoms with van der Waals surface area (Å²) in [5.74, 6) is 0.293. The lowest BCUT2D eigenvalue weighted by Gasteiger charge is -2.14. The van der Waals surface area contributed by atoms with Crippen LogP contribution in [0.25, 0.3) is 0 Å². The van der Waals surface area contributed by atoms with E-state index in [-0.39, 0.29) is 0 Å². The molecule has 2 N–H and O–H groups in total. The molecule has 5 heteroatoms. The summed E-state index contributed by atoms with van der Waals surface area (Å²) in [6, 6.07) is 0. The predicted octanol–water partition coefficient (Wildman–Crippen LogP) is 0.795. The second-order valence-electron chi connectivity index (χ2n) is 3.44. The van der Waals surface area contributed by atoms with Gasteiger partial charge in [-0.25, -0.2) is 4.98 Å². The van der Waals surface area contributed by atoms with E-state index in [1.165, 1.54) is 11.3 Å². The number of ether oxygens (including phenoxy) is 1. The minimum Gasteiger partial charge on any atom is -0.473 e. The molecule has 1 aromatic rings. The summed E-state index contributed by atoms with van der Waals surface area (Å²) in [7, 11) is 1.59. The zero-order valence-corrected chi connectivity index (χ0v) is 8.88. The Morgan fingerprint density at radius 1 is 1.79 bits per heavy atom. The molecule has 1 fully saturated rings. The fraction of sp³-hybridized carbons (Fsp3) is 0.667. The van der Waals surface area contributed by atoms with E-state index in [9.17, 15) is 5.11 Å². The van der Waals surface area contributed by atoms with E-state index < -0.39 is 6.10 Å². The first-order valence-electron chi connectivity index (χ1n) is 4.69. The molecule has 0 saturated carbocycles. The SMILES string of the molecule is COc1nc(C(O)[C@H]2CCNC2)cs1. The van der Waals surface area contributed by atoms with Crippen LogP contribution >= 0.6 is 11.3 Å². The van der Waals surface area contributed by atoms with Gasteiger partial charge in [0.1, 0.15) is 6.10 Å². The predicted molar refractivity (Wildman–Crippen MR) is 54.6 cm³/mol. The molecule has 2 atom stereocenters. The second kappa shape index (κ2) is 4.25. The summed E-state index contributed by atoms with van der Waals surface area (Å²) in [6.45, 7) is 1.87. The van der Waals surface area contributed by atoms with Gasteiger partial charge in [-0.1, -0.05) is 11.3 Å². The number of methoxy groups -OCH3 is 1. The van der Waals surface area contributed by atoms with Gasteiger partial charge in [-0.15, -0.1) is 0 Å². The number of aliphatic hydroxyl groups excluding tert-OH is 1. The van der Waals surface area contributed by atoms with Crippen molar-refractivity contribution in [3.63, 3.8) is 0 Å². The first kappa shape index (κ1) is 9.89. The Morgan fingerprint density at radius 3 is 3.21 bits per heavy atom. The van der Waals surface area contributed by atoms with Crippen molar-refractivity contribution in [1.29, 1.82) is 0 Å². The van der Waals surface area contributed by atoms with E-state index in [4.69, 9.17) is 4.74 Å². The third-order valence-electron chi connectivity index (χ3n) is 2.52. The average molecular weight is 214 g/mol. The number of hydrogen-bond donors (Lipinski definition) is 2.